The van der Waals surface area contributed by atoms with Gasteiger partial charge < -0.3 is 19.2 Å². The maximum Gasteiger partial charge on any atom is 0.233 e. The number of hydrogen-bond acceptors (Lipinski definition) is 7. The van der Waals surface area contributed by atoms with Gasteiger partial charge in [0.15, 0.2) is 11.0 Å². The van der Waals surface area contributed by atoms with E-state index in [0.717, 1.165) is 36.6 Å². The van der Waals surface area contributed by atoms with Crippen molar-refractivity contribution in [1.29, 1.82) is 0 Å². The Morgan fingerprint density at radius 2 is 2.16 bits per heavy atom. The zero-order valence-corrected chi connectivity index (χ0v) is 18.4. The highest BCUT2D eigenvalue weighted by atomic mass is 32.2. The SMILES string of the molecule is COc1ccc(-c2nnc(S[C@@H](C)C(=O)NCc3ccco3)n2C[C@@H]2CCCO2)cc1. The van der Waals surface area contributed by atoms with Gasteiger partial charge in [-0.15, -0.1) is 10.2 Å². The van der Waals surface area contributed by atoms with Gasteiger partial charge >= 0.3 is 0 Å². The minimum Gasteiger partial charge on any atom is -0.497 e. The van der Waals surface area contributed by atoms with Crippen molar-refractivity contribution in [2.24, 2.45) is 0 Å². The molecule has 8 nitrogen and oxygen atoms in total. The Kier molecular flexibility index (Phi) is 6.93. The maximum atomic E-state index is 12.6. The molecule has 164 valence electrons. The van der Waals surface area contributed by atoms with E-state index in [1.54, 1.807) is 19.4 Å². The van der Waals surface area contributed by atoms with Gasteiger partial charge in [0.2, 0.25) is 5.91 Å². The highest BCUT2D eigenvalue weighted by Gasteiger charge is 2.24. The van der Waals surface area contributed by atoms with Crippen LogP contribution in [0.1, 0.15) is 25.5 Å². The molecule has 2 aromatic heterocycles. The zero-order valence-electron chi connectivity index (χ0n) is 17.6. The number of nitrogens with one attached hydrogen (secondary N) is 1. The number of furan rings is 1. The van der Waals surface area contributed by atoms with E-state index in [4.69, 9.17) is 13.9 Å². The van der Waals surface area contributed by atoms with Crippen LogP contribution in [-0.4, -0.2) is 45.7 Å². The summed E-state index contributed by atoms with van der Waals surface area (Å²) in [5, 5.41) is 12.1. The highest BCUT2D eigenvalue weighted by molar-refractivity contribution is 8.00. The topological polar surface area (TPSA) is 91.4 Å². The molecule has 1 fully saturated rings. The summed E-state index contributed by atoms with van der Waals surface area (Å²) in [5.41, 5.74) is 0.938. The van der Waals surface area contributed by atoms with Crippen LogP contribution < -0.4 is 10.1 Å². The molecule has 2 atom stereocenters. The molecule has 0 bridgehead atoms. The van der Waals surface area contributed by atoms with Gasteiger partial charge in [-0.3, -0.25) is 9.36 Å². The molecule has 3 heterocycles. The quantitative estimate of drug-likeness (QED) is 0.507. The van der Waals surface area contributed by atoms with Crippen molar-refractivity contribution in [2.75, 3.05) is 13.7 Å². The first-order chi connectivity index (χ1) is 15.1. The molecule has 0 radical (unpaired) electrons. The van der Waals surface area contributed by atoms with Crippen molar-refractivity contribution < 1.29 is 18.7 Å². The van der Waals surface area contributed by atoms with Gasteiger partial charge in [0, 0.05) is 12.2 Å². The summed E-state index contributed by atoms with van der Waals surface area (Å²) in [4.78, 5) is 12.6. The Morgan fingerprint density at radius 1 is 1.32 bits per heavy atom. The molecule has 0 aliphatic carbocycles. The lowest BCUT2D eigenvalue weighted by atomic mass is 10.2. The van der Waals surface area contributed by atoms with Crippen molar-refractivity contribution in [3.05, 3.63) is 48.4 Å². The third-order valence-corrected chi connectivity index (χ3v) is 6.22. The summed E-state index contributed by atoms with van der Waals surface area (Å²) in [6.45, 7) is 3.65. The maximum absolute atomic E-state index is 12.6. The molecule has 1 amide bonds. The fraction of sp³-hybridized carbons (Fsp3) is 0.409. The lowest BCUT2D eigenvalue weighted by molar-refractivity contribution is -0.120. The van der Waals surface area contributed by atoms with E-state index in [2.05, 4.69) is 20.1 Å². The Hall–Kier alpha value is -2.78. The van der Waals surface area contributed by atoms with Crippen LogP contribution in [-0.2, 0) is 22.6 Å². The van der Waals surface area contributed by atoms with Crippen LogP contribution >= 0.6 is 11.8 Å². The molecular formula is C22H26N4O4S. The number of hydrogen-bond donors (Lipinski definition) is 1. The second-order valence-corrected chi connectivity index (χ2v) is 8.65. The molecular weight excluding hydrogens is 416 g/mol. The summed E-state index contributed by atoms with van der Waals surface area (Å²) < 4.78 is 18.4. The van der Waals surface area contributed by atoms with Gasteiger partial charge in [0.25, 0.3) is 0 Å². The molecule has 3 aromatic rings. The number of carbonyl (C=O) groups excluding carboxylic acids is 1. The van der Waals surface area contributed by atoms with Gasteiger partial charge in [-0.1, -0.05) is 11.8 Å². The number of nitrogens with zero attached hydrogens (tertiary/aromatic N) is 3. The van der Waals surface area contributed by atoms with Gasteiger partial charge in [-0.25, -0.2) is 0 Å². The third-order valence-electron chi connectivity index (χ3n) is 5.14. The molecule has 1 aliphatic heterocycles. The third kappa shape index (κ3) is 5.29. The van der Waals surface area contributed by atoms with Crippen LogP contribution in [0.2, 0.25) is 0 Å². The highest BCUT2D eigenvalue weighted by Crippen LogP contribution is 2.29. The van der Waals surface area contributed by atoms with Crippen molar-refractivity contribution in [1.82, 2.24) is 20.1 Å². The Morgan fingerprint density at radius 3 is 2.84 bits per heavy atom. The smallest absolute Gasteiger partial charge is 0.233 e. The standard InChI is InChI=1S/C22H26N4O4S/c1-15(21(27)23-13-18-5-3-11-29-18)31-22-25-24-20(16-7-9-17(28-2)10-8-16)26(22)14-19-6-4-12-30-19/h3,5,7-11,15,19H,4,6,12-14H2,1-2H3,(H,23,27)/t15-,19-/m0/s1. The molecule has 0 spiro atoms. The predicted octanol–water partition coefficient (Wildman–Crippen LogP) is 3.52. The molecule has 0 saturated carbocycles. The molecule has 0 unspecified atom stereocenters. The van der Waals surface area contributed by atoms with Crippen LogP contribution in [0.4, 0.5) is 0 Å². The van der Waals surface area contributed by atoms with Gasteiger partial charge in [0.1, 0.15) is 11.5 Å². The molecule has 1 aromatic carbocycles. The van der Waals surface area contributed by atoms with Gasteiger partial charge in [0.05, 0.1) is 37.8 Å². The lowest BCUT2D eigenvalue weighted by Crippen LogP contribution is -2.30. The largest absolute Gasteiger partial charge is 0.497 e. The first kappa shape index (κ1) is 21.5. The van der Waals surface area contributed by atoms with Crippen molar-refractivity contribution in [2.45, 2.75) is 49.4 Å². The van der Waals surface area contributed by atoms with Crippen molar-refractivity contribution >= 4 is 17.7 Å². The number of rotatable bonds is 9. The summed E-state index contributed by atoms with van der Waals surface area (Å²) in [6.07, 6.45) is 3.77. The molecule has 1 saturated heterocycles. The van der Waals surface area contributed by atoms with E-state index in [1.165, 1.54) is 11.8 Å². The predicted molar refractivity (Wildman–Crippen MR) is 117 cm³/mol. The molecule has 9 heteroatoms. The fourth-order valence-corrected chi connectivity index (χ4v) is 4.31. The van der Waals surface area contributed by atoms with Crippen LogP contribution in [0.25, 0.3) is 11.4 Å². The minimum atomic E-state index is -0.342. The Labute approximate surface area is 185 Å². The van der Waals surface area contributed by atoms with E-state index < -0.39 is 0 Å². The van der Waals surface area contributed by atoms with E-state index in [9.17, 15) is 4.79 Å². The second-order valence-electron chi connectivity index (χ2n) is 7.34. The number of methoxy groups -OCH3 is 1. The lowest BCUT2D eigenvalue weighted by Gasteiger charge is -2.16. The zero-order chi connectivity index (χ0) is 21.6. The van der Waals surface area contributed by atoms with Crippen molar-refractivity contribution in [3.8, 4) is 17.1 Å². The minimum absolute atomic E-state index is 0.0842. The molecule has 31 heavy (non-hydrogen) atoms. The van der Waals surface area contributed by atoms with Crippen LogP contribution in [0.15, 0.2) is 52.2 Å². The molecule has 1 aliphatic rings. The Bertz CT molecular complexity index is 982. The summed E-state index contributed by atoms with van der Waals surface area (Å²) in [7, 11) is 1.64. The monoisotopic (exact) mass is 442 g/mol. The number of carbonyl (C=O) groups is 1. The second kappa shape index (κ2) is 10.0. The van der Waals surface area contributed by atoms with Crippen LogP contribution in [0.5, 0.6) is 5.75 Å². The number of amides is 1. The summed E-state index contributed by atoms with van der Waals surface area (Å²) in [6, 6.07) is 11.4. The number of benzene rings is 1. The first-order valence-corrected chi connectivity index (χ1v) is 11.2. The van der Waals surface area contributed by atoms with Crippen molar-refractivity contribution in [3.63, 3.8) is 0 Å². The summed E-state index contributed by atoms with van der Waals surface area (Å²) in [5.74, 6) is 2.17. The van der Waals surface area contributed by atoms with Gasteiger partial charge in [-0.05, 0) is 56.2 Å². The fourth-order valence-electron chi connectivity index (χ4n) is 3.43. The van der Waals surface area contributed by atoms with E-state index >= 15 is 0 Å². The van der Waals surface area contributed by atoms with E-state index in [-0.39, 0.29) is 17.3 Å². The average molecular weight is 443 g/mol. The average Bonchev–Trinajstić information content (AvgIpc) is 3.56. The summed E-state index contributed by atoms with van der Waals surface area (Å²) >= 11 is 1.39. The number of aromatic nitrogens is 3. The van der Waals surface area contributed by atoms with Crippen LogP contribution in [0, 0.1) is 0 Å². The normalized spacial score (nSPS) is 16.9. The first-order valence-electron chi connectivity index (χ1n) is 10.3. The number of thioether (sulfide) groups is 1. The molecule has 4 rings (SSSR count). The van der Waals surface area contributed by atoms with Crippen LogP contribution in [0.3, 0.4) is 0 Å². The molecule has 1 N–H and O–H groups in total. The van der Waals surface area contributed by atoms with E-state index in [0.29, 0.717) is 24.0 Å². The number of ether oxygens (including phenoxy) is 2. The Balaban J connectivity index is 1.51. The van der Waals surface area contributed by atoms with Gasteiger partial charge in [-0.2, -0.15) is 0 Å². The van der Waals surface area contributed by atoms with E-state index in [1.807, 2.05) is 37.3 Å².